The zero-order valence-electron chi connectivity index (χ0n) is 15.9. The summed E-state index contributed by atoms with van der Waals surface area (Å²) in [5, 5.41) is 8.52. The summed E-state index contributed by atoms with van der Waals surface area (Å²) in [6.07, 6.45) is 20.2. The molecule has 25 heavy (non-hydrogen) atoms. The van der Waals surface area contributed by atoms with Gasteiger partial charge in [-0.25, -0.2) is 0 Å². The van der Waals surface area contributed by atoms with Crippen molar-refractivity contribution < 1.29 is 25.9 Å². The van der Waals surface area contributed by atoms with Gasteiger partial charge in [0.15, 0.2) is 0 Å². The molecule has 0 atom stereocenters. The first-order chi connectivity index (χ1) is 11.8. The molecular weight excluding hydrogens is 387 g/mol. The average Bonchev–Trinajstić information content (AvgIpc) is 2.49. The molecular formula is C18H39AsO6. The maximum atomic E-state index is 10.3. The molecule has 0 aliphatic rings. The summed E-state index contributed by atoms with van der Waals surface area (Å²) in [5.41, 5.74) is 0. The van der Waals surface area contributed by atoms with E-state index < -0.39 is 20.5 Å². The van der Waals surface area contributed by atoms with Crippen LogP contribution in [0.4, 0.5) is 0 Å². The van der Waals surface area contributed by atoms with Crippen molar-refractivity contribution >= 4 is 20.5 Å². The van der Waals surface area contributed by atoms with Gasteiger partial charge >= 0.3 is 36.5 Å². The van der Waals surface area contributed by atoms with Gasteiger partial charge in [-0.15, -0.1) is 0 Å². The maximum absolute atomic E-state index is 10.3. The van der Waals surface area contributed by atoms with Crippen LogP contribution in [0.3, 0.4) is 0 Å². The molecule has 0 saturated heterocycles. The Kier molecular flexibility index (Phi) is 21.6. The Balaban J connectivity index is 0. The van der Waals surface area contributed by atoms with E-state index >= 15 is 0 Å². The van der Waals surface area contributed by atoms with Gasteiger partial charge in [0.25, 0.3) is 0 Å². The van der Waals surface area contributed by atoms with Crippen LogP contribution in [-0.2, 0) is 8.53 Å². The summed E-state index contributed by atoms with van der Waals surface area (Å²) in [4.78, 5) is 10.3. The number of carbonyl (C=O) groups is 1. The van der Waals surface area contributed by atoms with Gasteiger partial charge in [-0.1, -0.05) is 96.8 Å². The van der Waals surface area contributed by atoms with Crippen molar-refractivity contribution in [3.05, 3.63) is 0 Å². The van der Waals surface area contributed by atoms with E-state index in [0.29, 0.717) is 6.42 Å². The molecule has 152 valence electrons. The minimum absolute atomic E-state index is 0.345. The average molecular weight is 426 g/mol. The molecule has 0 amide bonds. The van der Waals surface area contributed by atoms with E-state index in [1.54, 1.807) is 0 Å². The van der Waals surface area contributed by atoms with E-state index in [1.807, 2.05) is 0 Å². The Hall–Kier alpha value is -0.292. The van der Waals surface area contributed by atoms with Crippen LogP contribution >= 0.6 is 0 Å². The Morgan fingerprint density at radius 2 is 0.880 bits per heavy atom. The summed E-state index contributed by atoms with van der Waals surface area (Å²) < 4.78 is 30.7. The fraction of sp³-hybridized carbons (Fsp3) is 0.944. The Bertz CT molecular complexity index is 321. The van der Waals surface area contributed by atoms with Gasteiger partial charge in [0.05, 0.1) is 0 Å². The Morgan fingerprint density at radius 1 is 0.640 bits per heavy atom. The van der Waals surface area contributed by atoms with Gasteiger partial charge in [-0.3, -0.25) is 4.79 Å². The van der Waals surface area contributed by atoms with Crippen LogP contribution in [0.1, 0.15) is 110 Å². The van der Waals surface area contributed by atoms with Gasteiger partial charge < -0.3 is 5.11 Å². The van der Waals surface area contributed by atoms with Crippen LogP contribution < -0.4 is 0 Å². The second-order valence-corrected chi connectivity index (χ2v) is 8.76. The first-order valence-electron chi connectivity index (χ1n) is 9.77. The molecule has 0 saturated carbocycles. The predicted octanol–water partition coefficient (Wildman–Crippen LogP) is 4.16. The van der Waals surface area contributed by atoms with Gasteiger partial charge in [0, 0.05) is 6.42 Å². The molecule has 0 aliphatic heterocycles. The van der Waals surface area contributed by atoms with Crippen molar-refractivity contribution in [2.24, 2.45) is 0 Å². The van der Waals surface area contributed by atoms with Gasteiger partial charge in [-0.05, 0) is 6.42 Å². The van der Waals surface area contributed by atoms with Gasteiger partial charge in [0.2, 0.25) is 0 Å². The molecule has 0 aromatic heterocycles. The third-order valence-electron chi connectivity index (χ3n) is 3.99. The molecule has 0 radical (unpaired) electrons. The van der Waals surface area contributed by atoms with Crippen LogP contribution in [0, 0.1) is 0 Å². The third kappa shape index (κ3) is 40.0. The summed E-state index contributed by atoms with van der Waals surface area (Å²) in [6.45, 7) is 2.27. The van der Waals surface area contributed by atoms with Crippen molar-refractivity contribution in [3.8, 4) is 0 Å². The predicted molar refractivity (Wildman–Crippen MR) is 100 cm³/mol. The summed E-state index contributed by atoms with van der Waals surface area (Å²) in [6, 6.07) is 0. The van der Waals surface area contributed by atoms with Crippen molar-refractivity contribution in [2.75, 3.05) is 0 Å². The molecule has 4 N–H and O–H groups in total. The molecule has 0 aromatic carbocycles. The number of aliphatic carboxylic acids is 1. The normalized spacial score (nSPS) is 11.0. The molecule has 0 fully saturated rings. The zero-order valence-corrected chi connectivity index (χ0v) is 17.7. The number of carboxylic acid groups (broad SMARTS) is 1. The van der Waals surface area contributed by atoms with Crippen molar-refractivity contribution in [2.45, 2.75) is 110 Å². The van der Waals surface area contributed by atoms with Gasteiger partial charge in [-0.2, -0.15) is 0 Å². The Labute approximate surface area is 156 Å². The van der Waals surface area contributed by atoms with Crippen LogP contribution in [-0.4, -0.2) is 37.9 Å². The fourth-order valence-electron chi connectivity index (χ4n) is 2.65. The van der Waals surface area contributed by atoms with Crippen LogP contribution in [0.15, 0.2) is 0 Å². The summed E-state index contributed by atoms with van der Waals surface area (Å²) in [7, 11) is 0. The number of hydrogen-bond donors (Lipinski definition) is 4. The standard InChI is InChI=1S/C18H36O2.AsH3O4/c1-2-3-4-5-6-7-8-9-10-11-12-13-14-15-16-17-18(19)20;2-1(3,4)5/h2-17H2,1H3,(H,19,20);(H3,2,3,4,5). The molecule has 7 heteroatoms. The number of unbranched alkanes of at least 4 members (excludes halogenated alkanes) is 14. The minimum atomic E-state index is -5.12. The molecule has 0 spiro atoms. The second kappa shape index (κ2) is 20.0. The molecule has 0 aliphatic carbocycles. The molecule has 0 aromatic rings. The number of carboxylic acids is 1. The van der Waals surface area contributed by atoms with E-state index in [9.17, 15) is 4.79 Å². The monoisotopic (exact) mass is 426 g/mol. The number of hydrogen-bond acceptors (Lipinski definition) is 2. The zero-order chi connectivity index (χ0) is 19.4. The van der Waals surface area contributed by atoms with Crippen molar-refractivity contribution in [1.82, 2.24) is 0 Å². The SMILES string of the molecule is CCCCCCCCCCCCCCCCCC(=O)O.O=[As](O)(O)O. The van der Waals surface area contributed by atoms with Gasteiger partial charge in [0.1, 0.15) is 0 Å². The van der Waals surface area contributed by atoms with E-state index in [-0.39, 0.29) is 0 Å². The third-order valence-corrected chi connectivity index (χ3v) is 3.99. The topological polar surface area (TPSA) is 115 Å². The van der Waals surface area contributed by atoms with Crippen LogP contribution in [0.25, 0.3) is 0 Å². The quantitative estimate of drug-likeness (QED) is 0.218. The van der Waals surface area contributed by atoms with Crippen molar-refractivity contribution in [3.63, 3.8) is 0 Å². The fourth-order valence-corrected chi connectivity index (χ4v) is 2.65. The van der Waals surface area contributed by atoms with Crippen LogP contribution in [0.5, 0.6) is 0 Å². The molecule has 0 bridgehead atoms. The van der Waals surface area contributed by atoms with E-state index in [4.69, 9.17) is 21.1 Å². The summed E-state index contributed by atoms with van der Waals surface area (Å²) in [5.74, 6) is -0.653. The van der Waals surface area contributed by atoms with E-state index in [1.165, 1.54) is 83.5 Å². The molecule has 0 rings (SSSR count). The van der Waals surface area contributed by atoms with E-state index in [0.717, 1.165) is 12.8 Å². The molecule has 6 nitrogen and oxygen atoms in total. The second-order valence-electron chi connectivity index (χ2n) is 6.61. The molecule has 0 unspecified atom stereocenters. The van der Waals surface area contributed by atoms with Crippen LogP contribution in [0.2, 0.25) is 0 Å². The van der Waals surface area contributed by atoms with E-state index in [2.05, 4.69) is 6.92 Å². The summed E-state index contributed by atoms with van der Waals surface area (Å²) >= 11 is -5.12. The first-order valence-corrected chi connectivity index (χ1v) is 13.1. The first kappa shape index (κ1) is 26.9. The Morgan fingerprint density at radius 3 is 1.12 bits per heavy atom. The number of rotatable bonds is 16. The molecule has 0 heterocycles. The van der Waals surface area contributed by atoms with Crippen molar-refractivity contribution in [1.29, 1.82) is 0 Å².